The van der Waals surface area contributed by atoms with Crippen molar-refractivity contribution in [1.82, 2.24) is 5.32 Å². The summed E-state index contributed by atoms with van der Waals surface area (Å²) in [7, 11) is 1.80. The third-order valence-corrected chi connectivity index (χ3v) is 3.71. The largest absolute Gasteiger partial charge is 0.379 e. The van der Waals surface area contributed by atoms with Crippen molar-refractivity contribution >= 4 is 0 Å². The Balaban J connectivity index is 2.32. The molecule has 0 amide bonds. The molecule has 1 fully saturated rings. The van der Waals surface area contributed by atoms with E-state index in [-0.39, 0.29) is 5.60 Å². The molecule has 0 saturated heterocycles. The second-order valence-electron chi connectivity index (χ2n) is 5.75. The van der Waals surface area contributed by atoms with E-state index in [1.165, 1.54) is 19.3 Å². The van der Waals surface area contributed by atoms with E-state index in [0.29, 0.717) is 6.04 Å². The number of hydrogen-bond acceptors (Lipinski definition) is 2. The molecule has 2 nitrogen and oxygen atoms in total. The number of nitrogens with one attached hydrogen (secondary N) is 1. The first-order valence-corrected chi connectivity index (χ1v) is 6.26. The van der Waals surface area contributed by atoms with Crippen molar-refractivity contribution in [3.8, 4) is 0 Å². The van der Waals surface area contributed by atoms with Crippen LogP contribution in [0.15, 0.2) is 0 Å². The lowest BCUT2D eigenvalue weighted by Crippen LogP contribution is -2.42. The lowest BCUT2D eigenvalue weighted by molar-refractivity contribution is 0.00736. The van der Waals surface area contributed by atoms with Crippen molar-refractivity contribution in [1.29, 1.82) is 0 Å². The van der Waals surface area contributed by atoms with Gasteiger partial charge in [0.05, 0.1) is 5.60 Å². The molecular formula is C13H27NO. The van der Waals surface area contributed by atoms with Crippen LogP contribution in [0.1, 0.15) is 53.4 Å². The summed E-state index contributed by atoms with van der Waals surface area (Å²) in [5, 5.41) is 3.74. The van der Waals surface area contributed by atoms with E-state index in [9.17, 15) is 0 Å². The van der Waals surface area contributed by atoms with E-state index in [0.717, 1.165) is 18.4 Å². The summed E-state index contributed by atoms with van der Waals surface area (Å²) in [4.78, 5) is 0. The zero-order valence-corrected chi connectivity index (χ0v) is 11.0. The third kappa shape index (κ3) is 4.12. The highest BCUT2D eigenvalue weighted by atomic mass is 16.5. The van der Waals surface area contributed by atoms with Crippen LogP contribution >= 0.6 is 0 Å². The Morgan fingerprint density at radius 3 is 2.53 bits per heavy atom. The molecule has 3 atom stereocenters. The van der Waals surface area contributed by atoms with Crippen molar-refractivity contribution in [3.63, 3.8) is 0 Å². The minimum Gasteiger partial charge on any atom is -0.379 e. The standard InChI is InChI=1S/C13H27NO/c1-10-7-6-8-12(10)14-11(2)9-13(3,4)15-5/h10-12,14H,6-9H2,1-5H3. The Bertz CT molecular complexity index is 191. The second kappa shape index (κ2) is 5.31. The molecule has 0 bridgehead atoms. The van der Waals surface area contributed by atoms with E-state index < -0.39 is 0 Å². The van der Waals surface area contributed by atoms with Gasteiger partial charge in [-0.3, -0.25) is 0 Å². The van der Waals surface area contributed by atoms with Crippen LogP contribution in [0, 0.1) is 5.92 Å². The Kier molecular flexibility index (Phi) is 4.60. The molecule has 0 spiro atoms. The van der Waals surface area contributed by atoms with Crippen molar-refractivity contribution in [2.24, 2.45) is 5.92 Å². The summed E-state index contributed by atoms with van der Waals surface area (Å²) in [6.07, 6.45) is 5.20. The molecule has 0 aromatic carbocycles. The molecule has 0 aliphatic heterocycles. The monoisotopic (exact) mass is 213 g/mol. The molecule has 0 heterocycles. The third-order valence-electron chi connectivity index (χ3n) is 3.71. The number of rotatable bonds is 5. The highest BCUT2D eigenvalue weighted by Crippen LogP contribution is 2.26. The molecule has 90 valence electrons. The van der Waals surface area contributed by atoms with Gasteiger partial charge in [-0.1, -0.05) is 13.3 Å². The van der Waals surface area contributed by atoms with Gasteiger partial charge in [-0.15, -0.1) is 0 Å². The summed E-state index contributed by atoms with van der Waals surface area (Å²) in [5.41, 5.74) is -0.00570. The van der Waals surface area contributed by atoms with E-state index in [1.807, 2.05) is 0 Å². The van der Waals surface area contributed by atoms with Crippen LogP contribution in [-0.2, 0) is 4.74 Å². The molecule has 1 saturated carbocycles. The first-order chi connectivity index (χ1) is 6.94. The van der Waals surface area contributed by atoms with Crippen LogP contribution < -0.4 is 5.32 Å². The van der Waals surface area contributed by atoms with Gasteiger partial charge in [-0.25, -0.2) is 0 Å². The normalized spacial score (nSPS) is 29.4. The smallest absolute Gasteiger partial charge is 0.0637 e. The van der Waals surface area contributed by atoms with Gasteiger partial charge in [0.25, 0.3) is 0 Å². The first kappa shape index (κ1) is 13.0. The van der Waals surface area contributed by atoms with E-state index in [1.54, 1.807) is 7.11 Å². The minimum atomic E-state index is -0.00570. The maximum absolute atomic E-state index is 5.46. The molecule has 0 radical (unpaired) electrons. The van der Waals surface area contributed by atoms with Gasteiger partial charge in [0.15, 0.2) is 0 Å². The van der Waals surface area contributed by atoms with E-state index in [2.05, 4.69) is 33.0 Å². The summed E-state index contributed by atoms with van der Waals surface area (Å²) >= 11 is 0. The molecule has 15 heavy (non-hydrogen) atoms. The number of hydrogen-bond donors (Lipinski definition) is 1. The van der Waals surface area contributed by atoms with E-state index >= 15 is 0 Å². The van der Waals surface area contributed by atoms with Crippen molar-refractivity contribution in [2.45, 2.75) is 71.1 Å². The van der Waals surface area contributed by atoms with E-state index in [4.69, 9.17) is 4.74 Å². The molecule has 1 rings (SSSR count). The Morgan fingerprint density at radius 2 is 2.07 bits per heavy atom. The molecule has 1 aliphatic rings. The molecule has 1 N–H and O–H groups in total. The van der Waals surface area contributed by atoms with Gasteiger partial charge in [-0.05, 0) is 46.0 Å². The molecule has 2 heteroatoms. The summed E-state index contributed by atoms with van der Waals surface area (Å²) in [6, 6.07) is 1.28. The van der Waals surface area contributed by atoms with Crippen molar-refractivity contribution in [3.05, 3.63) is 0 Å². The summed E-state index contributed by atoms with van der Waals surface area (Å²) < 4.78 is 5.46. The lowest BCUT2D eigenvalue weighted by atomic mass is 9.98. The molecule has 0 aromatic heterocycles. The fourth-order valence-electron chi connectivity index (χ4n) is 2.64. The highest BCUT2D eigenvalue weighted by Gasteiger charge is 2.26. The topological polar surface area (TPSA) is 21.3 Å². The zero-order valence-electron chi connectivity index (χ0n) is 11.0. The van der Waals surface area contributed by atoms with Gasteiger partial charge >= 0.3 is 0 Å². The summed E-state index contributed by atoms with van der Waals surface area (Å²) in [5.74, 6) is 0.845. The van der Waals surface area contributed by atoms with Crippen LogP contribution in [0.25, 0.3) is 0 Å². The highest BCUT2D eigenvalue weighted by molar-refractivity contribution is 4.84. The van der Waals surface area contributed by atoms with Crippen LogP contribution in [-0.4, -0.2) is 24.8 Å². The van der Waals surface area contributed by atoms with Gasteiger partial charge in [-0.2, -0.15) is 0 Å². The Hall–Kier alpha value is -0.0800. The molecular weight excluding hydrogens is 186 g/mol. The fourth-order valence-corrected chi connectivity index (χ4v) is 2.64. The fraction of sp³-hybridized carbons (Fsp3) is 1.00. The SMILES string of the molecule is COC(C)(C)CC(C)NC1CCCC1C. The minimum absolute atomic E-state index is 0.00570. The van der Waals surface area contributed by atoms with Crippen LogP contribution in [0.4, 0.5) is 0 Å². The zero-order chi connectivity index (χ0) is 11.5. The van der Waals surface area contributed by atoms with Gasteiger partial charge < -0.3 is 10.1 Å². The van der Waals surface area contributed by atoms with Crippen molar-refractivity contribution in [2.75, 3.05) is 7.11 Å². The molecule has 1 aliphatic carbocycles. The maximum atomic E-state index is 5.46. The second-order valence-corrected chi connectivity index (χ2v) is 5.75. The molecule has 0 aromatic rings. The predicted octanol–water partition coefficient (Wildman–Crippen LogP) is 2.97. The van der Waals surface area contributed by atoms with Gasteiger partial charge in [0.2, 0.25) is 0 Å². The first-order valence-electron chi connectivity index (χ1n) is 6.26. The lowest BCUT2D eigenvalue weighted by Gasteiger charge is -2.30. The van der Waals surface area contributed by atoms with Crippen LogP contribution in [0.5, 0.6) is 0 Å². The predicted molar refractivity (Wildman–Crippen MR) is 65.1 cm³/mol. The number of ether oxygens (including phenoxy) is 1. The summed E-state index contributed by atoms with van der Waals surface area (Å²) in [6.45, 7) is 8.94. The Labute approximate surface area is 94.8 Å². The Morgan fingerprint density at radius 1 is 1.40 bits per heavy atom. The molecule has 3 unspecified atom stereocenters. The van der Waals surface area contributed by atoms with Gasteiger partial charge in [0, 0.05) is 19.2 Å². The average molecular weight is 213 g/mol. The maximum Gasteiger partial charge on any atom is 0.0637 e. The van der Waals surface area contributed by atoms with Crippen LogP contribution in [0.3, 0.4) is 0 Å². The van der Waals surface area contributed by atoms with Crippen LogP contribution in [0.2, 0.25) is 0 Å². The van der Waals surface area contributed by atoms with Crippen molar-refractivity contribution < 1.29 is 4.74 Å². The quantitative estimate of drug-likeness (QED) is 0.758. The number of methoxy groups -OCH3 is 1. The average Bonchev–Trinajstić information content (AvgIpc) is 2.51. The van der Waals surface area contributed by atoms with Gasteiger partial charge in [0.1, 0.15) is 0 Å².